The van der Waals surface area contributed by atoms with E-state index in [1.807, 2.05) is 6.07 Å². The van der Waals surface area contributed by atoms with Gasteiger partial charge in [0.2, 0.25) is 0 Å². The lowest BCUT2D eigenvalue weighted by molar-refractivity contribution is -0.136. The van der Waals surface area contributed by atoms with Crippen molar-refractivity contribution in [2.24, 2.45) is 7.05 Å². The van der Waals surface area contributed by atoms with Gasteiger partial charge in [-0.3, -0.25) is 4.68 Å². The van der Waals surface area contributed by atoms with E-state index < -0.39 is 11.7 Å². The number of hydrogen-bond donors (Lipinski definition) is 0. The Morgan fingerprint density at radius 1 is 1.39 bits per heavy atom. The summed E-state index contributed by atoms with van der Waals surface area (Å²) in [6.07, 6.45) is -2.90. The maximum absolute atomic E-state index is 12.8. The third-order valence-corrected chi connectivity index (χ3v) is 3.15. The van der Waals surface area contributed by atoms with Crippen LogP contribution in [-0.2, 0) is 19.6 Å². The van der Waals surface area contributed by atoms with E-state index in [1.54, 1.807) is 7.05 Å². The number of thiophene rings is 1. The van der Waals surface area contributed by atoms with Crippen LogP contribution < -0.4 is 0 Å². The van der Waals surface area contributed by atoms with Crippen LogP contribution in [-0.4, -0.2) is 9.78 Å². The second kappa shape index (κ2) is 4.46. The second-order valence-corrected chi connectivity index (χ2v) is 4.44. The summed E-state index contributed by atoms with van der Waals surface area (Å²) in [5.74, 6) is 0. The van der Waals surface area contributed by atoms with Gasteiger partial charge in [0.05, 0.1) is 23.7 Å². The molecule has 0 aliphatic rings. The van der Waals surface area contributed by atoms with Gasteiger partial charge in [0.15, 0.2) is 0 Å². The smallest absolute Gasteiger partial charge is 0.275 e. The lowest BCUT2D eigenvalue weighted by Gasteiger charge is -2.07. The van der Waals surface area contributed by atoms with E-state index in [0.717, 1.165) is 16.7 Å². The fourth-order valence-corrected chi connectivity index (χ4v) is 2.54. The van der Waals surface area contributed by atoms with Crippen molar-refractivity contribution in [1.29, 1.82) is 5.26 Å². The molecular weight excluding hydrogens is 263 g/mol. The van der Waals surface area contributed by atoms with Gasteiger partial charge in [0, 0.05) is 29.8 Å². The molecule has 0 aromatic carbocycles. The highest BCUT2D eigenvalue weighted by molar-refractivity contribution is 7.08. The molecule has 0 saturated heterocycles. The van der Waals surface area contributed by atoms with Gasteiger partial charge in [-0.1, -0.05) is 0 Å². The zero-order chi connectivity index (χ0) is 13.3. The monoisotopic (exact) mass is 271 g/mol. The topological polar surface area (TPSA) is 41.6 Å². The summed E-state index contributed by atoms with van der Waals surface area (Å²) in [4.78, 5) is 0. The van der Waals surface area contributed by atoms with Crippen LogP contribution >= 0.6 is 11.3 Å². The van der Waals surface area contributed by atoms with Crippen molar-refractivity contribution in [3.8, 4) is 17.2 Å². The van der Waals surface area contributed by atoms with E-state index in [2.05, 4.69) is 5.10 Å². The highest BCUT2D eigenvalue weighted by Crippen LogP contribution is 2.40. The van der Waals surface area contributed by atoms with Crippen LogP contribution in [0, 0.1) is 11.3 Å². The molecule has 0 aliphatic carbocycles. The number of nitrogens with zero attached hydrogens (tertiary/aromatic N) is 3. The Hall–Kier alpha value is -1.81. The normalized spacial score (nSPS) is 11.5. The van der Waals surface area contributed by atoms with Crippen molar-refractivity contribution >= 4 is 11.3 Å². The molecule has 0 bridgehead atoms. The molecule has 0 saturated carbocycles. The van der Waals surface area contributed by atoms with E-state index in [1.165, 1.54) is 16.3 Å². The zero-order valence-corrected chi connectivity index (χ0v) is 10.1. The molecule has 2 heterocycles. The second-order valence-electron chi connectivity index (χ2n) is 3.69. The summed E-state index contributed by atoms with van der Waals surface area (Å²) in [6.45, 7) is 0. The summed E-state index contributed by atoms with van der Waals surface area (Å²) in [5.41, 5.74) is 0.141. The highest BCUT2D eigenvalue weighted by atomic mass is 32.1. The Morgan fingerprint density at radius 3 is 2.72 bits per heavy atom. The third kappa shape index (κ3) is 2.24. The largest absolute Gasteiger partial charge is 0.417 e. The average Bonchev–Trinajstić information content (AvgIpc) is 2.83. The first kappa shape index (κ1) is 12.6. The average molecular weight is 271 g/mol. The van der Waals surface area contributed by atoms with E-state index in [0.29, 0.717) is 11.3 Å². The summed E-state index contributed by atoms with van der Waals surface area (Å²) >= 11 is 0.984. The minimum absolute atomic E-state index is 0.0106. The van der Waals surface area contributed by atoms with Crippen molar-refractivity contribution in [3.05, 3.63) is 28.2 Å². The summed E-state index contributed by atoms with van der Waals surface area (Å²) in [5, 5.41) is 15.2. The SMILES string of the molecule is Cn1cc(-c2cscc2C(F)(F)F)c(CC#N)n1. The van der Waals surface area contributed by atoms with Crippen molar-refractivity contribution in [3.63, 3.8) is 0 Å². The molecule has 94 valence electrons. The molecule has 18 heavy (non-hydrogen) atoms. The lowest BCUT2D eigenvalue weighted by Crippen LogP contribution is -2.04. The van der Waals surface area contributed by atoms with Crippen molar-refractivity contribution in [1.82, 2.24) is 9.78 Å². The number of halogens is 3. The van der Waals surface area contributed by atoms with Gasteiger partial charge in [-0.2, -0.15) is 34.9 Å². The van der Waals surface area contributed by atoms with Crippen molar-refractivity contribution in [2.45, 2.75) is 12.6 Å². The number of hydrogen-bond acceptors (Lipinski definition) is 3. The summed E-state index contributed by atoms with van der Waals surface area (Å²) < 4.78 is 39.8. The Bertz CT molecular complexity index is 604. The first-order valence-corrected chi connectivity index (χ1v) is 5.91. The first-order valence-electron chi connectivity index (χ1n) is 4.96. The molecule has 0 amide bonds. The fraction of sp³-hybridized carbons (Fsp3) is 0.273. The fourth-order valence-electron chi connectivity index (χ4n) is 1.69. The minimum Gasteiger partial charge on any atom is -0.275 e. The van der Waals surface area contributed by atoms with Crippen LogP contribution in [0.1, 0.15) is 11.3 Å². The van der Waals surface area contributed by atoms with Crippen LogP contribution in [0.2, 0.25) is 0 Å². The molecule has 0 spiro atoms. The third-order valence-electron chi connectivity index (χ3n) is 2.41. The maximum Gasteiger partial charge on any atom is 0.417 e. The number of aryl methyl sites for hydroxylation is 1. The van der Waals surface area contributed by atoms with Crippen LogP contribution in [0.3, 0.4) is 0 Å². The Kier molecular flexibility index (Phi) is 3.13. The van der Waals surface area contributed by atoms with Crippen LogP contribution in [0.5, 0.6) is 0 Å². The molecule has 3 nitrogen and oxygen atoms in total. The van der Waals surface area contributed by atoms with Crippen LogP contribution in [0.15, 0.2) is 17.0 Å². The molecule has 0 unspecified atom stereocenters. The van der Waals surface area contributed by atoms with E-state index >= 15 is 0 Å². The molecule has 2 aromatic rings. The van der Waals surface area contributed by atoms with Gasteiger partial charge in [-0.05, 0) is 5.38 Å². The predicted molar refractivity (Wildman–Crippen MR) is 60.8 cm³/mol. The molecule has 0 radical (unpaired) electrons. The number of alkyl halides is 3. The number of aromatic nitrogens is 2. The Balaban J connectivity index is 2.56. The summed E-state index contributed by atoms with van der Waals surface area (Å²) in [6, 6.07) is 1.90. The number of nitriles is 1. The van der Waals surface area contributed by atoms with Gasteiger partial charge in [-0.15, -0.1) is 0 Å². The highest BCUT2D eigenvalue weighted by Gasteiger charge is 2.35. The van der Waals surface area contributed by atoms with Crippen molar-refractivity contribution < 1.29 is 13.2 Å². The standard InChI is InChI=1S/C11H8F3N3S/c1-17-4-7(10(16-17)2-3-15)8-5-18-6-9(8)11(12,13)14/h4-6H,2H2,1H3. The minimum atomic E-state index is -4.39. The predicted octanol–water partition coefficient (Wildman–Crippen LogP) is 3.23. The molecule has 7 heteroatoms. The molecular formula is C11H8F3N3S. The van der Waals surface area contributed by atoms with E-state index in [-0.39, 0.29) is 12.0 Å². The van der Waals surface area contributed by atoms with E-state index in [9.17, 15) is 13.2 Å². The van der Waals surface area contributed by atoms with Crippen molar-refractivity contribution in [2.75, 3.05) is 0 Å². The maximum atomic E-state index is 12.8. The summed E-state index contributed by atoms with van der Waals surface area (Å²) in [7, 11) is 1.62. The zero-order valence-electron chi connectivity index (χ0n) is 9.32. The molecule has 2 aromatic heterocycles. The van der Waals surface area contributed by atoms with Gasteiger partial charge >= 0.3 is 6.18 Å². The van der Waals surface area contributed by atoms with Gasteiger partial charge in [-0.25, -0.2) is 0 Å². The van der Waals surface area contributed by atoms with Gasteiger partial charge in [0.25, 0.3) is 0 Å². The molecule has 2 rings (SSSR count). The van der Waals surface area contributed by atoms with Crippen LogP contribution in [0.25, 0.3) is 11.1 Å². The molecule has 0 atom stereocenters. The molecule has 0 N–H and O–H groups in total. The Labute approximate surface area is 105 Å². The molecule has 0 aliphatic heterocycles. The van der Waals surface area contributed by atoms with Crippen LogP contribution in [0.4, 0.5) is 13.2 Å². The van der Waals surface area contributed by atoms with E-state index in [4.69, 9.17) is 5.26 Å². The Morgan fingerprint density at radius 2 is 2.11 bits per heavy atom. The lowest BCUT2D eigenvalue weighted by atomic mass is 10.0. The molecule has 0 fully saturated rings. The van der Waals surface area contributed by atoms with Gasteiger partial charge in [0.1, 0.15) is 0 Å². The van der Waals surface area contributed by atoms with Gasteiger partial charge < -0.3 is 0 Å². The first-order chi connectivity index (χ1) is 8.43. The quantitative estimate of drug-likeness (QED) is 0.841. The number of rotatable bonds is 2.